The molecule has 2 unspecified atom stereocenters. The monoisotopic (exact) mass is 304 g/mol. The fourth-order valence-corrected chi connectivity index (χ4v) is 3.84. The van der Waals surface area contributed by atoms with Gasteiger partial charge in [0.1, 0.15) is 0 Å². The number of hydrogen-bond acceptors (Lipinski definition) is 1. The topological polar surface area (TPSA) is 9.23 Å². The standard InChI is InChI=1S/C15H29BrO/c1-3-4-5-6-7-8-9-10-15(13-16)11-12-17-14(15)2/h14H,3-13H2,1-2H3. The molecule has 1 aliphatic heterocycles. The van der Waals surface area contributed by atoms with Crippen molar-refractivity contribution in [3.8, 4) is 0 Å². The van der Waals surface area contributed by atoms with E-state index >= 15 is 0 Å². The first kappa shape index (κ1) is 15.5. The molecule has 0 aromatic heterocycles. The Morgan fingerprint density at radius 1 is 1.12 bits per heavy atom. The van der Waals surface area contributed by atoms with Gasteiger partial charge in [-0.15, -0.1) is 0 Å². The maximum atomic E-state index is 5.74. The molecule has 1 fully saturated rings. The van der Waals surface area contributed by atoms with Gasteiger partial charge in [-0.2, -0.15) is 0 Å². The normalized spacial score (nSPS) is 28.8. The lowest BCUT2D eigenvalue weighted by Crippen LogP contribution is -2.30. The van der Waals surface area contributed by atoms with Crippen molar-refractivity contribution in [3.05, 3.63) is 0 Å². The molecule has 102 valence electrons. The second kappa shape index (κ2) is 8.53. The van der Waals surface area contributed by atoms with Crippen LogP contribution in [0.1, 0.15) is 71.6 Å². The molecule has 0 aromatic carbocycles. The maximum Gasteiger partial charge on any atom is 0.0612 e. The van der Waals surface area contributed by atoms with Crippen LogP contribution in [0.15, 0.2) is 0 Å². The van der Waals surface area contributed by atoms with Crippen LogP contribution in [0.3, 0.4) is 0 Å². The largest absolute Gasteiger partial charge is 0.378 e. The zero-order valence-corrected chi connectivity index (χ0v) is 13.2. The summed E-state index contributed by atoms with van der Waals surface area (Å²) in [7, 11) is 0. The third-order valence-electron chi connectivity index (χ3n) is 4.37. The molecule has 1 saturated heterocycles. The fourth-order valence-electron chi connectivity index (χ4n) is 2.82. The molecule has 0 aliphatic carbocycles. The molecule has 0 aromatic rings. The number of ether oxygens (including phenoxy) is 1. The van der Waals surface area contributed by atoms with E-state index < -0.39 is 0 Å². The Balaban J connectivity index is 2.08. The van der Waals surface area contributed by atoms with Gasteiger partial charge in [-0.25, -0.2) is 0 Å². The molecular formula is C15H29BrO. The van der Waals surface area contributed by atoms with Crippen LogP contribution in [-0.4, -0.2) is 18.0 Å². The molecule has 0 N–H and O–H groups in total. The Kier molecular flexibility index (Phi) is 7.77. The summed E-state index contributed by atoms with van der Waals surface area (Å²) in [4.78, 5) is 0. The maximum absolute atomic E-state index is 5.74. The van der Waals surface area contributed by atoms with Gasteiger partial charge in [0, 0.05) is 17.4 Å². The Labute approximate surface area is 116 Å². The van der Waals surface area contributed by atoms with Crippen LogP contribution < -0.4 is 0 Å². The zero-order chi connectivity index (χ0) is 12.6. The van der Waals surface area contributed by atoms with E-state index in [1.807, 2.05) is 0 Å². The number of rotatable bonds is 9. The van der Waals surface area contributed by atoms with Crippen LogP contribution in [0, 0.1) is 5.41 Å². The predicted octanol–water partition coefficient (Wildman–Crippen LogP) is 5.32. The van der Waals surface area contributed by atoms with Gasteiger partial charge in [0.05, 0.1) is 6.10 Å². The summed E-state index contributed by atoms with van der Waals surface area (Å²) in [6.07, 6.45) is 12.9. The smallest absolute Gasteiger partial charge is 0.0612 e. The van der Waals surface area contributed by atoms with Crippen LogP contribution in [0.25, 0.3) is 0 Å². The highest BCUT2D eigenvalue weighted by atomic mass is 79.9. The minimum Gasteiger partial charge on any atom is -0.378 e. The summed E-state index contributed by atoms with van der Waals surface area (Å²) in [5.74, 6) is 0. The molecular weight excluding hydrogens is 276 g/mol. The quantitative estimate of drug-likeness (QED) is 0.414. The van der Waals surface area contributed by atoms with E-state index in [1.165, 1.54) is 57.8 Å². The number of alkyl halides is 1. The predicted molar refractivity (Wildman–Crippen MR) is 78.9 cm³/mol. The molecule has 0 spiro atoms. The first-order valence-corrected chi connectivity index (χ1v) is 8.55. The van der Waals surface area contributed by atoms with Crippen LogP contribution in [-0.2, 0) is 4.74 Å². The molecule has 2 atom stereocenters. The van der Waals surface area contributed by atoms with Crippen LogP contribution >= 0.6 is 15.9 Å². The van der Waals surface area contributed by atoms with Gasteiger partial charge in [-0.3, -0.25) is 0 Å². The molecule has 0 bridgehead atoms. The summed E-state index contributed by atoms with van der Waals surface area (Å²) < 4.78 is 5.74. The molecule has 1 aliphatic rings. The lowest BCUT2D eigenvalue weighted by Gasteiger charge is -2.30. The second-order valence-electron chi connectivity index (χ2n) is 5.63. The highest BCUT2D eigenvalue weighted by Crippen LogP contribution is 2.41. The molecule has 1 nitrogen and oxygen atoms in total. The van der Waals surface area contributed by atoms with Crippen LogP contribution in [0.5, 0.6) is 0 Å². The number of hydrogen-bond donors (Lipinski definition) is 0. The Morgan fingerprint density at radius 3 is 2.29 bits per heavy atom. The average Bonchev–Trinajstić information content (AvgIpc) is 2.70. The Hall–Kier alpha value is 0.440. The van der Waals surface area contributed by atoms with Gasteiger partial charge >= 0.3 is 0 Å². The number of halogens is 1. The Bertz CT molecular complexity index is 195. The molecule has 0 radical (unpaired) electrons. The van der Waals surface area contributed by atoms with Crippen molar-refractivity contribution < 1.29 is 4.74 Å². The lowest BCUT2D eigenvalue weighted by atomic mass is 9.79. The van der Waals surface area contributed by atoms with Crippen LogP contribution in [0.2, 0.25) is 0 Å². The van der Waals surface area contributed by atoms with Crippen molar-refractivity contribution in [3.63, 3.8) is 0 Å². The third kappa shape index (κ3) is 4.90. The minimum absolute atomic E-state index is 0.434. The second-order valence-corrected chi connectivity index (χ2v) is 6.19. The summed E-state index contributed by atoms with van der Waals surface area (Å²) in [6, 6.07) is 0. The van der Waals surface area contributed by atoms with Crippen LogP contribution in [0.4, 0.5) is 0 Å². The van der Waals surface area contributed by atoms with Gasteiger partial charge in [0.2, 0.25) is 0 Å². The van der Waals surface area contributed by atoms with Crippen molar-refractivity contribution in [2.24, 2.45) is 5.41 Å². The van der Waals surface area contributed by atoms with E-state index in [-0.39, 0.29) is 0 Å². The highest BCUT2D eigenvalue weighted by molar-refractivity contribution is 9.09. The van der Waals surface area contributed by atoms with Gasteiger partial charge in [0.25, 0.3) is 0 Å². The molecule has 0 saturated carbocycles. The van der Waals surface area contributed by atoms with Crippen molar-refractivity contribution in [1.82, 2.24) is 0 Å². The molecule has 0 amide bonds. The minimum atomic E-state index is 0.434. The Morgan fingerprint density at radius 2 is 1.76 bits per heavy atom. The first-order chi connectivity index (χ1) is 8.25. The summed E-state index contributed by atoms with van der Waals surface area (Å²) in [6.45, 7) is 5.49. The fraction of sp³-hybridized carbons (Fsp3) is 1.00. The molecule has 2 heteroatoms. The van der Waals surface area contributed by atoms with Gasteiger partial charge in [-0.05, 0) is 19.8 Å². The number of unbranched alkanes of at least 4 members (excludes halogenated alkanes) is 6. The highest BCUT2D eigenvalue weighted by Gasteiger charge is 2.39. The van der Waals surface area contributed by atoms with E-state index in [1.54, 1.807) is 0 Å². The van der Waals surface area contributed by atoms with Crippen molar-refractivity contribution in [2.45, 2.75) is 77.7 Å². The van der Waals surface area contributed by atoms with Crippen molar-refractivity contribution in [2.75, 3.05) is 11.9 Å². The first-order valence-electron chi connectivity index (χ1n) is 7.43. The zero-order valence-electron chi connectivity index (χ0n) is 11.6. The van der Waals surface area contributed by atoms with E-state index in [9.17, 15) is 0 Å². The molecule has 1 heterocycles. The van der Waals surface area contributed by atoms with Crippen molar-refractivity contribution >= 4 is 15.9 Å². The van der Waals surface area contributed by atoms with E-state index in [2.05, 4.69) is 29.8 Å². The van der Waals surface area contributed by atoms with Crippen molar-refractivity contribution in [1.29, 1.82) is 0 Å². The van der Waals surface area contributed by atoms with E-state index in [0.29, 0.717) is 11.5 Å². The molecule has 17 heavy (non-hydrogen) atoms. The average molecular weight is 305 g/mol. The molecule has 1 rings (SSSR count). The summed E-state index contributed by atoms with van der Waals surface area (Å²) in [5, 5.41) is 1.11. The van der Waals surface area contributed by atoms with Gasteiger partial charge in [0.15, 0.2) is 0 Å². The van der Waals surface area contributed by atoms with E-state index in [0.717, 1.165) is 11.9 Å². The summed E-state index contributed by atoms with van der Waals surface area (Å²) in [5.41, 5.74) is 0.434. The third-order valence-corrected chi connectivity index (χ3v) is 5.49. The lowest BCUT2D eigenvalue weighted by molar-refractivity contribution is 0.0694. The van der Waals surface area contributed by atoms with Gasteiger partial charge in [-0.1, -0.05) is 67.8 Å². The van der Waals surface area contributed by atoms with Gasteiger partial charge < -0.3 is 4.74 Å². The summed E-state index contributed by atoms with van der Waals surface area (Å²) >= 11 is 3.70. The SMILES string of the molecule is CCCCCCCCCC1(CBr)CCOC1C. The van der Waals surface area contributed by atoms with E-state index in [4.69, 9.17) is 4.74 Å².